The standard InChI is InChI=1S/C8H17NO.C6H6/c1-8(2,3)6-7(10)9(4)5;1-2-4-6-5-3-1/h6H2,1-5H3;1-6H. The molecule has 0 radical (unpaired) electrons. The van der Waals surface area contributed by atoms with Crippen LogP contribution in [0.2, 0.25) is 0 Å². The highest BCUT2D eigenvalue weighted by Gasteiger charge is 2.16. The maximum atomic E-state index is 11.1. The van der Waals surface area contributed by atoms with Gasteiger partial charge in [-0.05, 0) is 5.41 Å². The first-order chi connectivity index (χ1) is 7.33. The molecular weight excluding hydrogens is 198 g/mol. The molecule has 0 aromatic heterocycles. The van der Waals surface area contributed by atoms with Crippen LogP contribution in [0.1, 0.15) is 27.2 Å². The highest BCUT2D eigenvalue weighted by Crippen LogP contribution is 2.18. The average Bonchev–Trinajstić information content (AvgIpc) is 2.18. The van der Waals surface area contributed by atoms with Gasteiger partial charge < -0.3 is 4.90 Å². The van der Waals surface area contributed by atoms with Gasteiger partial charge in [0.1, 0.15) is 0 Å². The Balaban J connectivity index is 0.000000315. The molecular formula is C14H23NO. The monoisotopic (exact) mass is 221 g/mol. The molecule has 0 N–H and O–H groups in total. The van der Waals surface area contributed by atoms with Crippen LogP contribution >= 0.6 is 0 Å². The van der Waals surface area contributed by atoms with E-state index in [1.54, 1.807) is 19.0 Å². The highest BCUT2D eigenvalue weighted by atomic mass is 16.2. The van der Waals surface area contributed by atoms with Gasteiger partial charge in [0.25, 0.3) is 0 Å². The Bertz CT molecular complexity index is 259. The van der Waals surface area contributed by atoms with Crippen molar-refractivity contribution < 1.29 is 4.79 Å². The van der Waals surface area contributed by atoms with Gasteiger partial charge in [-0.1, -0.05) is 57.2 Å². The second-order valence-electron chi connectivity index (χ2n) is 5.18. The molecule has 0 heterocycles. The zero-order valence-electron chi connectivity index (χ0n) is 11.0. The van der Waals surface area contributed by atoms with Crippen molar-refractivity contribution in [1.82, 2.24) is 4.90 Å². The second kappa shape index (κ2) is 7.04. The normalized spacial score (nSPS) is 10.1. The van der Waals surface area contributed by atoms with Crippen LogP contribution in [-0.4, -0.2) is 24.9 Å². The molecule has 1 aromatic carbocycles. The lowest BCUT2D eigenvalue weighted by molar-refractivity contribution is -0.130. The van der Waals surface area contributed by atoms with Crippen LogP contribution in [0.5, 0.6) is 0 Å². The lowest BCUT2D eigenvalue weighted by atomic mass is 9.92. The molecule has 2 heteroatoms. The summed E-state index contributed by atoms with van der Waals surface area (Å²) in [4.78, 5) is 12.7. The van der Waals surface area contributed by atoms with Gasteiger partial charge in [-0.3, -0.25) is 4.79 Å². The minimum atomic E-state index is 0.112. The summed E-state index contributed by atoms with van der Waals surface area (Å²) in [5.41, 5.74) is 0.112. The van der Waals surface area contributed by atoms with E-state index in [1.165, 1.54) is 0 Å². The van der Waals surface area contributed by atoms with Crippen LogP contribution in [0, 0.1) is 5.41 Å². The Morgan fingerprint density at radius 3 is 1.38 bits per heavy atom. The fourth-order valence-electron chi connectivity index (χ4n) is 0.997. The van der Waals surface area contributed by atoms with E-state index < -0.39 is 0 Å². The SMILES string of the molecule is CN(C)C(=O)CC(C)(C)C.c1ccccc1. The molecule has 16 heavy (non-hydrogen) atoms. The third-order valence-electron chi connectivity index (χ3n) is 1.85. The second-order valence-corrected chi connectivity index (χ2v) is 5.18. The van der Waals surface area contributed by atoms with E-state index in [2.05, 4.69) is 20.8 Å². The Kier molecular flexibility index (Phi) is 6.47. The number of carbonyl (C=O) groups is 1. The quantitative estimate of drug-likeness (QED) is 0.713. The summed E-state index contributed by atoms with van der Waals surface area (Å²) in [6, 6.07) is 12.0. The van der Waals surface area contributed by atoms with Gasteiger partial charge >= 0.3 is 0 Å². The van der Waals surface area contributed by atoms with E-state index in [1.807, 2.05) is 36.4 Å². The van der Waals surface area contributed by atoms with Gasteiger partial charge in [0.05, 0.1) is 0 Å². The number of nitrogens with zero attached hydrogens (tertiary/aromatic N) is 1. The van der Waals surface area contributed by atoms with Crippen LogP contribution in [0.4, 0.5) is 0 Å². The van der Waals surface area contributed by atoms with E-state index in [0.29, 0.717) is 6.42 Å². The number of hydrogen-bond acceptors (Lipinski definition) is 1. The van der Waals surface area contributed by atoms with Crippen LogP contribution in [-0.2, 0) is 4.79 Å². The maximum Gasteiger partial charge on any atom is 0.222 e. The van der Waals surface area contributed by atoms with E-state index in [9.17, 15) is 4.79 Å². The summed E-state index contributed by atoms with van der Waals surface area (Å²) in [5.74, 6) is 0.201. The van der Waals surface area contributed by atoms with E-state index >= 15 is 0 Å². The molecule has 1 rings (SSSR count). The van der Waals surface area contributed by atoms with Crippen molar-refractivity contribution in [1.29, 1.82) is 0 Å². The minimum Gasteiger partial charge on any atom is -0.349 e. The van der Waals surface area contributed by atoms with Crippen LogP contribution in [0.3, 0.4) is 0 Å². The van der Waals surface area contributed by atoms with Crippen molar-refractivity contribution in [3.8, 4) is 0 Å². The molecule has 0 atom stereocenters. The van der Waals surface area contributed by atoms with Gasteiger partial charge in [0, 0.05) is 20.5 Å². The molecule has 0 saturated carbocycles. The summed E-state index contributed by atoms with van der Waals surface area (Å²) >= 11 is 0. The van der Waals surface area contributed by atoms with Crippen molar-refractivity contribution in [3.05, 3.63) is 36.4 Å². The first kappa shape index (κ1) is 14.7. The molecule has 0 unspecified atom stereocenters. The highest BCUT2D eigenvalue weighted by molar-refractivity contribution is 5.76. The first-order valence-corrected chi connectivity index (χ1v) is 5.53. The van der Waals surface area contributed by atoms with Crippen molar-refractivity contribution in [2.45, 2.75) is 27.2 Å². The molecule has 0 fully saturated rings. The Labute approximate surface area is 99.3 Å². The molecule has 0 saturated heterocycles. The smallest absolute Gasteiger partial charge is 0.222 e. The van der Waals surface area contributed by atoms with Gasteiger partial charge in [-0.25, -0.2) is 0 Å². The molecule has 0 spiro atoms. The summed E-state index contributed by atoms with van der Waals surface area (Å²) in [6.07, 6.45) is 0.625. The molecule has 0 aliphatic carbocycles. The first-order valence-electron chi connectivity index (χ1n) is 5.53. The van der Waals surface area contributed by atoms with Crippen molar-refractivity contribution >= 4 is 5.91 Å². The van der Waals surface area contributed by atoms with E-state index in [0.717, 1.165) is 0 Å². The Morgan fingerprint density at radius 2 is 1.25 bits per heavy atom. The minimum absolute atomic E-state index is 0.112. The molecule has 1 amide bonds. The molecule has 1 aromatic rings. The van der Waals surface area contributed by atoms with Crippen LogP contribution < -0.4 is 0 Å². The lowest BCUT2D eigenvalue weighted by Gasteiger charge is -2.19. The van der Waals surface area contributed by atoms with Gasteiger partial charge in [-0.2, -0.15) is 0 Å². The number of rotatable bonds is 1. The van der Waals surface area contributed by atoms with E-state index in [4.69, 9.17) is 0 Å². The molecule has 90 valence electrons. The molecule has 0 aliphatic rings. The number of benzene rings is 1. The van der Waals surface area contributed by atoms with Crippen LogP contribution in [0.15, 0.2) is 36.4 Å². The summed E-state index contributed by atoms with van der Waals surface area (Å²) in [6.45, 7) is 6.19. The van der Waals surface area contributed by atoms with Gasteiger partial charge in [0.2, 0.25) is 5.91 Å². The third kappa shape index (κ3) is 9.25. The van der Waals surface area contributed by atoms with Crippen molar-refractivity contribution in [2.24, 2.45) is 5.41 Å². The molecule has 2 nitrogen and oxygen atoms in total. The fraction of sp³-hybridized carbons (Fsp3) is 0.500. The predicted octanol–water partition coefficient (Wildman–Crippen LogP) is 3.20. The Hall–Kier alpha value is -1.31. The zero-order chi connectivity index (χ0) is 12.6. The number of hydrogen-bond donors (Lipinski definition) is 0. The lowest BCUT2D eigenvalue weighted by Crippen LogP contribution is -2.26. The van der Waals surface area contributed by atoms with Crippen molar-refractivity contribution in [3.63, 3.8) is 0 Å². The predicted molar refractivity (Wildman–Crippen MR) is 69.2 cm³/mol. The number of amides is 1. The van der Waals surface area contributed by atoms with Gasteiger partial charge in [-0.15, -0.1) is 0 Å². The number of carbonyl (C=O) groups excluding carboxylic acids is 1. The van der Waals surface area contributed by atoms with E-state index in [-0.39, 0.29) is 11.3 Å². The molecule has 0 aliphatic heterocycles. The van der Waals surface area contributed by atoms with Crippen molar-refractivity contribution in [2.75, 3.05) is 14.1 Å². The van der Waals surface area contributed by atoms with Crippen LogP contribution in [0.25, 0.3) is 0 Å². The zero-order valence-corrected chi connectivity index (χ0v) is 11.0. The largest absolute Gasteiger partial charge is 0.349 e. The fourth-order valence-corrected chi connectivity index (χ4v) is 0.997. The topological polar surface area (TPSA) is 20.3 Å². The maximum absolute atomic E-state index is 11.1. The average molecular weight is 221 g/mol. The third-order valence-corrected chi connectivity index (χ3v) is 1.85. The summed E-state index contributed by atoms with van der Waals surface area (Å²) in [5, 5.41) is 0. The summed E-state index contributed by atoms with van der Waals surface area (Å²) < 4.78 is 0. The van der Waals surface area contributed by atoms with Gasteiger partial charge in [0.15, 0.2) is 0 Å². The summed E-state index contributed by atoms with van der Waals surface area (Å²) in [7, 11) is 3.57. The Morgan fingerprint density at radius 1 is 0.938 bits per heavy atom. The molecule has 0 bridgehead atoms.